The molecule has 2 rings (SSSR count). The van der Waals surface area contributed by atoms with Gasteiger partial charge < -0.3 is 10.1 Å². The van der Waals surface area contributed by atoms with E-state index >= 15 is 0 Å². The van der Waals surface area contributed by atoms with Gasteiger partial charge in [0.05, 0.1) is 0 Å². The SMILES string of the molecule is Cc1ccc(SCCNC(=O)COC(=O)/C=C/c2cccc(F)c2)cc1. The fourth-order valence-corrected chi connectivity index (χ4v) is 2.77. The molecule has 1 amide bonds. The number of hydrogen-bond acceptors (Lipinski definition) is 4. The van der Waals surface area contributed by atoms with E-state index in [1.807, 2.05) is 31.2 Å². The lowest BCUT2D eigenvalue weighted by atomic mass is 10.2. The Morgan fingerprint density at radius 1 is 1.19 bits per heavy atom. The van der Waals surface area contributed by atoms with Gasteiger partial charge in [0.1, 0.15) is 5.82 Å². The molecule has 0 fully saturated rings. The molecular weight excluding hydrogens is 353 g/mol. The van der Waals surface area contributed by atoms with Crippen molar-refractivity contribution in [2.75, 3.05) is 18.9 Å². The zero-order valence-electron chi connectivity index (χ0n) is 14.4. The fourth-order valence-electron chi connectivity index (χ4n) is 2.00. The van der Waals surface area contributed by atoms with E-state index in [-0.39, 0.29) is 18.3 Å². The van der Waals surface area contributed by atoms with Crippen molar-refractivity contribution in [1.82, 2.24) is 5.32 Å². The first-order valence-electron chi connectivity index (χ1n) is 8.09. The highest BCUT2D eigenvalue weighted by Gasteiger charge is 2.04. The number of halogens is 1. The number of ether oxygens (including phenoxy) is 1. The van der Waals surface area contributed by atoms with Crippen molar-refractivity contribution in [3.05, 3.63) is 71.6 Å². The Bertz CT molecular complexity index is 775. The number of thioether (sulfide) groups is 1. The fraction of sp³-hybridized carbons (Fsp3) is 0.200. The molecule has 0 spiro atoms. The van der Waals surface area contributed by atoms with E-state index in [4.69, 9.17) is 4.74 Å². The van der Waals surface area contributed by atoms with Crippen LogP contribution in [0, 0.1) is 12.7 Å². The first kappa shape index (κ1) is 19.7. The minimum absolute atomic E-state index is 0.346. The van der Waals surface area contributed by atoms with Gasteiger partial charge in [0.2, 0.25) is 0 Å². The van der Waals surface area contributed by atoms with Crippen molar-refractivity contribution in [3.63, 3.8) is 0 Å². The van der Waals surface area contributed by atoms with E-state index in [0.717, 1.165) is 16.7 Å². The van der Waals surface area contributed by atoms with E-state index in [2.05, 4.69) is 5.32 Å². The van der Waals surface area contributed by atoms with Gasteiger partial charge in [-0.25, -0.2) is 9.18 Å². The van der Waals surface area contributed by atoms with Crippen molar-refractivity contribution in [2.24, 2.45) is 0 Å². The summed E-state index contributed by atoms with van der Waals surface area (Å²) in [6, 6.07) is 14.0. The number of carbonyl (C=O) groups is 2. The minimum Gasteiger partial charge on any atom is -0.452 e. The van der Waals surface area contributed by atoms with Gasteiger partial charge in [-0.15, -0.1) is 11.8 Å². The van der Waals surface area contributed by atoms with Crippen LogP contribution in [0.5, 0.6) is 0 Å². The van der Waals surface area contributed by atoms with Crippen molar-refractivity contribution in [2.45, 2.75) is 11.8 Å². The second-order valence-electron chi connectivity index (χ2n) is 5.51. The first-order valence-corrected chi connectivity index (χ1v) is 9.08. The lowest BCUT2D eigenvalue weighted by Gasteiger charge is -2.05. The standard InChI is InChI=1S/C20H20FNO3S/c1-15-5-8-18(9-6-15)26-12-11-22-19(23)14-25-20(24)10-7-16-3-2-4-17(21)13-16/h2-10,13H,11-12,14H2,1H3,(H,22,23)/b10-7+. The highest BCUT2D eigenvalue weighted by atomic mass is 32.2. The molecule has 1 N–H and O–H groups in total. The van der Waals surface area contributed by atoms with Gasteiger partial charge in [0, 0.05) is 23.3 Å². The minimum atomic E-state index is -0.654. The van der Waals surface area contributed by atoms with Crippen LogP contribution in [0.15, 0.2) is 59.5 Å². The maximum absolute atomic E-state index is 13.0. The molecule has 0 aliphatic heterocycles. The van der Waals surface area contributed by atoms with Gasteiger partial charge in [0.15, 0.2) is 6.61 Å². The van der Waals surface area contributed by atoms with Crippen LogP contribution >= 0.6 is 11.8 Å². The summed E-state index contributed by atoms with van der Waals surface area (Å²) in [5.74, 6) is -0.675. The molecule has 26 heavy (non-hydrogen) atoms. The monoisotopic (exact) mass is 373 g/mol. The van der Waals surface area contributed by atoms with E-state index < -0.39 is 5.97 Å². The van der Waals surface area contributed by atoms with Crippen molar-refractivity contribution in [3.8, 4) is 0 Å². The molecule has 6 heteroatoms. The van der Waals surface area contributed by atoms with Crippen molar-refractivity contribution in [1.29, 1.82) is 0 Å². The number of hydrogen-bond donors (Lipinski definition) is 1. The van der Waals surface area contributed by atoms with E-state index in [1.165, 1.54) is 23.8 Å². The van der Waals surface area contributed by atoms with Crippen LogP contribution in [-0.2, 0) is 14.3 Å². The van der Waals surface area contributed by atoms with E-state index in [1.54, 1.807) is 23.9 Å². The number of benzene rings is 2. The molecule has 0 aliphatic carbocycles. The summed E-state index contributed by atoms with van der Waals surface area (Å²) in [5.41, 5.74) is 1.75. The number of amides is 1. The lowest BCUT2D eigenvalue weighted by molar-refractivity contribution is -0.143. The third-order valence-corrected chi connectivity index (χ3v) is 4.33. The maximum atomic E-state index is 13.0. The molecular formula is C20H20FNO3S. The zero-order chi connectivity index (χ0) is 18.8. The highest BCUT2D eigenvalue weighted by molar-refractivity contribution is 7.99. The quantitative estimate of drug-likeness (QED) is 0.332. The van der Waals surface area contributed by atoms with Gasteiger partial charge >= 0.3 is 5.97 Å². The first-order chi connectivity index (χ1) is 12.5. The van der Waals surface area contributed by atoms with Crippen LogP contribution in [0.2, 0.25) is 0 Å². The van der Waals surface area contributed by atoms with Crippen LogP contribution in [-0.4, -0.2) is 30.8 Å². The van der Waals surface area contributed by atoms with Gasteiger partial charge in [0.25, 0.3) is 5.91 Å². The van der Waals surface area contributed by atoms with Crippen LogP contribution in [0.4, 0.5) is 4.39 Å². The third kappa shape index (κ3) is 7.53. The zero-order valence-corrected chi connectivity index (χ0v) is 15.2. The molecule has 4 nitrogen and oxygen atoms in total. The lowest BCUT2D eigenvalue weighted by Crippen LogP contribution is -2.30. The Balaban J connectivity index is 1.62. The number of carbonyl (C=O) groups excluding carboxylic acids is 2. The molecule has 136 valence electrons. The average Bonchev–Trinajstić information content (AvgIpc) is 2.63. The van der Waals surface area contributed by atoms with Crippen LogP contribution in [0.25, 0.3) is 6.08 Å². The molecule has 0 saturated heterocycles. The predicted molar refractivity (Wildman–Crippen MR) is 101 cm³/mol. The summed E-state index contributed by atoms with van der Waals surface area (Å²) in [4.78, 5) is 24.4. The Labute approximate surface area is 156 Å². The maximum Gasteiger partial charge on any atom is 0.331 e. The Hall–Kier alpha value is -2.60. The molecule has 2 aromatic rings. The summed E-state index contributed by atoms with van der Waals surface area (Å²) in [5, 5.41) is 2.69. The van der Waals surface area contributed by atoms with Crippen LogP contribution < -0.4 is 5.32 Å². The summed E-state index contributed by atoms with van der Waals surface area (Å²) in [6.07, 6.45) is 2.59. The summed E-state index contributed by atoms with van der Waals surface area (Å²) < 4.78 is 17.9. The molecule has 0 aromatic heterocycles. The topological polar surface area (TPSA) is 55.4 Å². The second kappa shape index (κ2) is 10.4. The molecule has 0 saturated carbocycles. The molecule has 0 unspecified atom stereocenters. The van der Waals surface area contributed by atoms with Gasteiger partial charge in [-0.2, -0.15) is 0 Å². The highest BCUT2D eigenvalue weighted by Crippen LogP contribution is 2.17. The molecule has 0 heterocycles. The third-order valence-electron chi connectivity index (χ3n) is 3.32. The molecule has 2 aromatic carbocycles. The largest absolute Gasteiger partial charge is 0.452 e. The second-order valence-corrected chi connectivity index (χ2v) is 6.68. The Morgan fingerprint density at radius 2 is 1.96 bits per heavy atom. The van der Waals surface area contributed by atoms with E-state index in [0.29, 0.717) is 12.1 Å². The molecule has 0 bridgehead atoms. The number of aryl methyl sites for hydroxylation is 1. The number of nitrogens with one attached hydrogen (secondary N) is 1. The number of rotatable bonds is 8. The van der Waals surface area contributed by atoms with Gasteiger partial charge in [-0.3, -0.25) is 4.79 Å². The summed E-state index contributed by atoms with van der Waals surface area (Å²) in [6.45, 7) is 2.17. The van der Waals surface area contributed by atoms with Gasteiger partial charge in [-0.1, -0.05) is 29.8 Å². The molecule has 0 atom stereocenters. The Morgan fingerprint density at radius 3 is 2.69 bits per heavy atom. The Kier molecular flexibility index (Phi) is 7.89. The predicted octanol–water partition coefficient (Wildman–Crippen LogP) is 3.60. The van der Waals surface area contributed by atoms with Crippen molar-refractivity contribution < 1.29 is 18.7 Å². The van der Waals surface area contributed by atoms with Gasteiger partial charge in [-0.05, 0) is 42.8 Å². The van der Waals surface area contributed by atoms with Crippen LogP contribution in [0.1, 0.15) is 11.1 Å². The smallest absolute Gasteiger partial charge is 0.331 e. The number of esters is 1. The van der Waals surface area contributed by atoms with E-state index in [9.17, 15) is 14.0 Å². The van der Waals surface area contributed by atoms with Crippen LogP contribution in [0.3, 0.4) is 0 Å². The average molecular weight is 373 g/mol. The summed E-state index contributed by atoms with van der Waals surface area (Å²) in [7, 11) is 0. The molecule has 0 radical (unpaired) electrons. The molecule has 0 aliphatic rings. The normalized spacial score (nSPS) is 10.7. The van der Waals surface area contributed by atoms with Crippen molar-refractivity contribution >= 4 is 29.7 Å². The summed E-state index contributed by atoms with van der Waals surface area (Å²) >= 11 is 1.64.